The Kier molecular flexibility index (Phi) is 5.43. The molecule has 3 nitrogen and oxygen atoms in total. The molecule has 0 fully saturated rings. The summed E-state index contributed by atoms with van der Waals surface area (Å²) >= 11 is 4.52. The van der Waals surface area contributed by atoms with Crippen molar-refractivity contribution in [3.8, 4) is 0 Å². The van der Waals surface area contributed by atoms with Gasteiger partial charge in [0.15, 0.2) is 0 Å². The van der Waals surface area contributed by atoms with E-state index in [-0.39, 0.29) is 15.4 Å². The highest BCUT2D eigenvalue weighted by molar-refractivity contribution is 9.10. The summed E-state index contributed by atoms with van der Waals surface area (Å²) < 4.78 is 39.7. The number of benzene rings is 1. The summed E-state index contributed by atoms with van der Waals surface area (Å²) in [5.41, 5.74) is 0. The number of halogens is 2. The first-order valence-corrected chi connectivity index (χ1v) is 8.50. The maximum atomic E-state index is 13.3. The van der Waals surface area contributed by atoms with Crippen molar-refractivity contribution in [1.29, 1.82) is 0 Å². The molecule has 1 unspecified atom stereocenters. The highest BCUT2D eigenvalue weighted by Crippen LogP contribution is 2.19. The van der Waals surface area contributed by atoms with E-state index in [1.807, 2.05) is 6.26 Å². The molecular weight excluding hydrogens is 329 g/mol. The van der Waals surface area contributed by atoms with Crippen molar-refractivity contribution in [2.24, 2.45) is 0 Å². The molecule has 1 aromatic rings. The van der Waals surface area contributed by atoms with Crippen molar-refractivity contribution in [2.45, 2.75) is 17.9 Å². The van der Waals surface area contributed by atoms with Crippen molar-refractivity contribution in [1.82, 2.24) is 4.72 Å². The normalized spacial score (nSPS) is 13.6. The van der Waals surface area contributed by atoms with E-state index in [4.69, 9.17) is 0 Å². The van der Waals surface area contributed by atoms with E-state index in [2.05, 4.69) is 20.7 Å². The van der Waals surface area contributed by atoms with E-state index in [1.165, 1.54) is 12.1 Å². The van der Waals surface area contributed by atoms with Crippen LogP contribution >= 0.6 is 27.7 Å². The molecule has 1 N–H and O–H groups in total. The summed E-state index contributed by atoms with van der Waals surface area (Å²) in [4.78, 5) is -0.0637. The van der Waals surface area contributed by atoms with Crippen LogP contribution in [0.2, 0.25) is 0 Å². The van der Waals surface area contributed by atoms with Crippen molar-refractivity contribution in [3.05, 3.63) is 28.5 Å². The maximum Gasteiger partial charge on any atom is 0.240 e. The summed E-state index contributed by atoms with van der Waals surface area (Å²) in [5, 5.41) is 0. The van der Waals surface area contributed by atoms with Crippen LogP contribution in [0.15, 0.2) is 27.6 Å². The van der Waals surface area contributed by atoms with E-state index >= 15 is 0 Å². The van der Waals surface area contributed by atoms with Crippen molar-refractivity contribution in [3.63, 3.8) is 0 Å². The molecule has 1 rings (SSSR count). The van der Waals surface area contributed by atoms with Gasteiger partial charge in [0.25, 0.3) is 0 Å². The second-order valence-corrected chi connectivity index (χ2v) is 7.03. The van der Waals surface area contributed by atoms with Gasteiger partial charge in [-0.3, -0.25) is 0 Å². The molecule has 0 saturated heterocycles. The number of hydrogen-bond acceptors (Lipinski definition) is 3. The first-order valence-electron chi connectivity index (χ1n) is 4.83. The Balaban J connectivity index is 2.93. The SMILES string of the molecule is CSCC(C)NS(=O)(=O)c1ccc(Br)c(F)c1. The van der Waals surface area contributed by atoms with Gasteiger partial charge in [0, 0.05) is 11.8 Å². The van der Waals surface area contributed by atoms with Gasteiger partial charge in [0.2, 0.25) is 10.0 Å². The summed E-state index contributed by atoms with van der Waals surface area (Å²) in [6.07, 6.45) is 1.89. The Bertz CT molecular complexity index is 493. The van der Waals surface area contributed by atoms with Crippen molar-refractivity contribution >= 4 is 37.7 Å². The lowest BCUT2D eigenvalue weighted by molar-refractivity contribution is 0.567. The largest absolute Gasteiger partial charge is 0.240 e. The monoisotopic (exact) mass is 341 g/mol. The summed E-state index contributed by atoms with van der Waals surface area (Å²) in [7, 11) is -3.65. The van der Waals surface area contributed by atoms with Gasteiger partial charge in [-0.1, -0.05) is 0 Å². The van der Waals surface area contributed by atoms with Gasteiger partial charge in [-0.05, 0) is 47.3 Å². The van der Waals surface area contributed by atoms with Crippen LogP contribution in [0.3, 0.4) is 0 Å². The van der Waals surface area contributed by atoms with Gasteiger partial charge < -0.3 is 0 Å². The first-order chi connectivity index (χ1) is 7.86. The molecule has 1 aromatic carbocycles. The molecule has 0 aromatic heterocycles. The fraction of sp³-hybridized carbons (Fsp3) is 0.400. The predicted octanol–water partition coefficient (Wildman–Crippen LogP) is 2.62. The van der Waals surface area contributed by atoms with E-state index in [0.717, 1.165) is 6.07 Å². The lowest BCUT2D eigenvalue weighted by Crippen LogP contribution is -2.34. The third-order valence-electron chi connectivity index (χ3n) is 1.97. The van der Waals surface area contributed by atoms with Crippen LogP contribution in [0.1, 0.15) is 6.92 Å². The van der Waals surface area contributed by atoms with E-state index in [1.54, 1.807) is 18.7 Å². The Morgan fingerprint density at radius 3 is 2.71 bits per heavy atom. The fourth-order valence-corrected chi connectivity index (χ4v) is 3.45. The predicted molar refractivity (Wildman–Crippen MR) is 72.3 cm³/mol. The number of sulfonamides is 1. The van der Waals surface area contributed by atoms with Crippen LogP contribution < -0.4 is 4.72 Å². The molecule has 0 saturated carbocycles. The summed E-state index contributed by atoms with van der Waals surface area (Å²) in [6, 6.07) is 3.55. The number of thioether (sulfide) groups is 1. The van der Waals surface area contributed by atoms with Gasteiger partial charge in [-0.2, -0.15) is 11.8 Å². The zero-order valence-corrected chi connectivity index (χ0v) is 12.6. The Hall–Kier alpha value is -0.110. The van der Waals surface area contributed by atoms with Crippen LogP contribution in [-0.4, -0.2) is 26.5 Å². The van der Waals surface area contributed by atoms with Gasteiger partial charge >= 0.3 is 0 Å². The lowest BCUT2D eigenvalue weighted by Gasteiger charge is -2.13. The molecule has 17 heavy (non-hydrogen) atoms. The molecule has 0 amide bonds. The zero-order chi connectivity index (χ0) is 13.1. The van der Waals surface area contributed by atoms with Crippen LogP contribution in [0, 0.1) is 5.82 Å². The fourth-order valence-electron chi connectivity index (χ4n) is 1.26. The highest BCUT2D eigenvalue weighted by Gasteiger charge is 2.18. The average Bonchev–Trinajstić information content (AvgIpc) is 2.21. The zero-order valence-electron chi connectivity index (χ0n) is 9.41. The Labute approximate surface area is 113 Å². The Morgan fingerprint density at radius 2 is 2.18 bits per heavy atom. The van der Waals surface area contributed by atoms with Gasteiger partial charge in [0.1, 0.15) is 5.82 Å². The van der Waals surface area contributed by atoms with Crippen LogP contribution in [0.4, 0.5) is 4.39 Å². The number of rotatable bonds is 5. The number of nitrogens with one attached hydrogen (secondary N) is 1. The highest BCUT2D eigenvalue weighted by atomic mass is 79.9. The van der Waals surface area contributed by atoms with Crippen LogP contribution in [0.5, 0.6) is 0 Å². The molecule has 0 bridgehead atoms. The first kappa shape index (κ1) is 14.9. The quantitative estimate of drug-likeness (QED) is 0.895. The van der Waals surface area contributed by atoms with Gasteiger partial charge in [-0.25, -0.2) is 17.5 Å². The number of hydrogen-bond donors (Lipinski definition) is 1. The molecule has 0 aliphatic heterocycles. The minimum atomic E-state index is -3.65. The lowest BCUT2D eigenvalue weighted by atomic mass is 10.3. The van der Waals surface area contributed by atoms with E-state index < -0.39 is 15.8 Å². The molecular formula is C10H13BrFNO2S2. The molecule has 96 valence electrons. The molecule has 0 aliphatic rings. The van der Waals surface area contributed by atoms with Gasteiger partial charge in [-0.15, -0.1) is 0 Å². The second-order valence-electron chi connectivity index (χ2n) is 3.55. The van der Waals surface area contributed by atoms with Crippen molar-refractivity contribution < 1.29 is 12.8 Å². The maximum absolute atomic E-state index is 13.3. The van der Waals surface area contributed by atoms with Crippen LogP contribution in [-0.2, 0) is 10.0 Å². The van der Waals surface area contributed by atoms with E-state index in [0.29, 0.717) is 5.75 Å². The minimum Gasteiger partial charge on any atom is -0.208 e. The minimum absolute atomic E-state index is 0.0637. The molecule has 1 atom stereocenters. The summed E-state index contributed by atoms with van der Waals surface area (Å²) in [5.74, 6) is 0.0727. The standard InChI is InChI=1S/C10H13BrFNO2S2/c1-7(6-16-2)13-17(14,15)8-3-4-9(11)10(12)5-8/h3-5,7,13H,6H2,1-2H3. The van der Waals surface area contributed by atoms with Crippen LogP contribution in [0.25, 0.3) is 0 Å². The summed E-state index contributed by atoms with van der Waals surface area (Å²) in [6.45, 7) is 1.77. The topological polar surface area (TPSA) is 46.2 Å². The average molecular weight is 342 g/mol. The van der Waals surface area contributed by atoms with E-state index in [9.17, 15) is 12.8 Å². The molecule has 0 aliphatic carbocycles. The van der Waals surface area contributed by atoms with Crippen molar-refractivity contribution in [2.75, 3.05) is 12.0 Å². The third kappa shape index (κ3) is 4.24. The molecule has 0 heterocycles. The second kappa shape index (κ2) is 6.17. The molecule has 7 heteroatoms. The smallest absolute Gasteiger partial charge is 0.208 e. The molecule has 0 spiro atoms. The van der Waals surface area contributed by atoms with Gasteiger partial charge in [0.05, 0.1) is 9.37 Å². The third-order valence-corrected chi connectivity index (χ3v) is 5.04. The Morgan fingerprint density at radius 1 is 1.53 bits per heavy atom. The molecule has 0 radical (unpaired) electrons.